The van der Waals surface area contributed by atoms with Gasteiger partial charge in [0.15, 0.2) is 0 Å². The zero-order chi connectivity index (χ0) is 41.2. The normalized spacial score (nSPS) is 16.5. The molecule has 1 aliphatic rings. The molecule has 6 atom stereocenters. The van der Waals surface area contributed by atoms with Crippen molar-refractivity contribution in [2.45, 2.75) is 115 Å². The maximum atomic E-state index is 13.8. The van der Waals surface area contributed by atoms with Crippen LogP contribution < -0.4 is 38.1 Å². The number of carboxylic acid groups (broad SMARTS) is 2. The number of nitrogens with two attached hydrogens (primary N) is 2. The standard InChI is InChI=1S/C36H56N8O11/c1-20(2)17-26(40-29(46)19-39-31(49)21(3)38)35(53)44-16-6-8-28(44)34(52)42-25(13-14-30(47)48)33(51)41-24(7-4-5-15-37)32(50)43-27(36(54)55)18-22-9-11-23(45)12-10-22/h9-12,20-21,24-28,45H,4-8,13-19,37-38H2,1-3H3,(H,39,49)(H,40,46)(H,41,51)(H,42,52)(H,43,50)(H,47,48)(H,54,55)/t21-,24-,25+,26-,27-,28+/m0/s1. The van der Waals surface area contributed by atoms with Crippen molar-refractivity contribution < 1.29 is 53.7 Å². The number of carboxylic acids is 2. The summed E-state index contributed by atoms with van der Waals surface area (Å²) in [5.74, 6) is -6.92. The van der Waals surface area contributed by atoms with Gasteiger partial charge in [0, 0.05) is 19.4 Å². The molecule has 1 fully saturated rings. The lowest BCUT2D eigenvalue weighted by molar-refractivity contribution is -0.143. The topological polar surface area (TPSA) is 313 Å². The second-order valence-corrected chi connectivity index (χ2v) is 14.1. The molecule has 1 aromatic carbocycles. The number of carbonyl (C=O) groups excluding carboxylic acids is 6. The third kappa shape index (κ3) is 15.9. The van der Waals surface area contributed by atoms with Crippen LogP contribution in [-0.2, 0) is 44.8 Å². The predicted molar refractivity (Wildman–Crippen MR) is 198 cm³/mol. The second kappa shape index (κ2) is 22.8. The Morgan fingerprint density at radius 1 is 0.818 bits per heavy atom. The molecule has 1 saturated heterocycles. The predicted octanol–water partition coefficient (Wildman–Crippen LogP) is -1.55. The van der Waals surface area contributed by atoms with Crippen LogP contribution in [0.25, 0.3) is 0 Å². The van der Waals surface area contributed by atoms with Gasteiger partial charge in [0.25, 0.3) is 0 Å². The molecule has 55 heavy (non-hydrogen) atoms. The van der Waals surface area contributed by atoms with E-state index in [4.69, 9.17) is 11.5 Å². The lowest BCUT2D eigenvalue weighted by Crippen LogP contribution is -2.59. The van der Waals surface area contributed by atoms with E-state index in [0.29, 0.717) is 24.8 Å². The maximum absolute atomic E-state index is 13.8. The molecular weight excluding hydrogens is 720 g/mol. The first-order valence-corrected chi connectivity index (χ1v) is 18.4. The van der Waals surface area contributed by atoms with Gasteiger partial charge >= 0.3 is 11.9 Å². The Morgan fingerprint density at radius 3 is 2.00 bits per heavy atom. The van der Waals surface area contributed by atoms with E-state index in [-0.39, 0.29) is 56.9 Å². The average molecular weight is 777 g/mol. The fraction of sp³-hybridized carbons (Fsp3) is 0.611. The fourth-order valence-electron chi connectivity index (χ4n) is 5.95. The molecule has 12 N–H and O–H groups in total. The Labute approximate surface area is 319 Å². The van der Waals surface area contributed by atoms with Gasteiger partial charge in [-0.1, -0.05) is 26.0 Å². The Kier molecular flexibility index (Phi) is 19.0. The largest absolute Gasteiger partial charge is 0.508 e. The molecule has 19 nitrogen and oxygen atoms in total. The van der Waals surface area contributed by atoms with Crippen LogP contribution in [0.3, 0.4) is 0 Å². The Balaban J connectivity index is 2.24. The molecule has 0 spiro atoms. The number of carbonyl (C=O) groups is 8. The molecule has 0 unspecified atom stereocenters. The monoisotopic (exact) mass is 776 g/mol. The van der Waals surface area contributed by atoms with Gasteiger partial charge in [-0.25, -0.2) is 4.79 Å². The minimum Gasteiger partial charge on any atom is -0.508 e. The number of aromatic hydroxyl groups is 1. The van der Waals surface area contributed by atoms with Crippen LogP contribution >= 0.6 is 0 Å². The van der Waals surface area contributed by atoms with Crippen LogP contribution in [-0.4, -0.2) is 123 Å². The first-order chi connectivity index (χ1) is 25.9. The van der Waals surface area contributed by atoms with Gasteiger partial charge in [-0.15, -0.1) is 0 Å². The number of benzene rings is 1. The quantitative estimate of drug-likeness (QED) is 0.0564. The number of nitrogens with one attached hydrogen (secondary N) is 5. The summed E-state index contributed by atoms with van der Waals surface area (Å²) in [4.78, 5) is 104. The molecule has 1 aromatic rings. The van der Waals surface area contributed by atoms with Crippen molar-refractivity contribution in [3.63, 3.8) is 0 Å². The lowest BCUT2D eigenvalue weighted by Gasteiger charge is -2.31. The van der Waals surface area contributed by atoms with E-state index in [1.165, 1.54) is 36.1 Å². The fourth-order valence-corrected chi connectivity index (χ4v) is 5.95. The summed E-state index contributed by atoms with van der Waals surface area (Å²) in [6.07, 6.45) is 0.676. The van der Waals surface area contributed by atoms with Crippen molar-refractivity contribution >= 4 is 47.4 Å². The van der Waals surface area contributed by atoms with Crippen molar-refractivity contribution in [1.82, 2.24) is 31.5 Å². The van der Waals surface area contributed by atoms with Crippen LogP contribution in [0.4, 0.5) is 0 Å². The molecule has 0 aliphatic carbocycles. The highest BCUT2D eigenvalue weighted by Gasteiger charge is 2.39. The van der Waals surface area contributed by atoms with Gasteiger partial charge in [0.2, 0.25) is 35.4 Å². The molecule has 0 radical (unpaired) electrons. The van der Waals surface area contributed by atoms with E-state index < -0.39 is 96.6 Å². The van der Waals surface area contributed by atoms with E-state index in [9.17, 15) is 53.7 Å². The Hall–Kier alpha value is -5.30. The molecule has 0 saturated carbocycles. The van der Waals surface area contributed by atoms with E-state index in [1.54, 1.807) is 0 Å². The molecule has 2 rings (SSSR count). The van der Waals surface area contributed by atoms with E-state index in [2.05, 4.69) is 26.6 Å². The minimum atomic E-state index is -1.46. The number of amides is 6. The number of rotatable bonds is 23. The van der Waals surface area contributed by atoms with Crippen molar-refractivity contribution in [3.8, 4) is 5.75 Å². The molecule has 0 aromatic heterocycles. The summed E-state index contributed by atoms with van der Waals surface area (Å²) < 4.78 is 0. The van der Waals surface area contributed by atoms with Crippen molar-refractivity contribution in [2.24, 2.45) is 17.4 Å². The van der Waals surface area contributed by atoms with Crippen molar-refractivity contribution in [1.29, 1.82) is 0 Å². The maximum Gasteiger partial charge on any atom is 0.326 e. The zero-order valence-corrected chi connectivity index (χ0v) is 31.5. The van der Waals surface area contributed by atoms with Crippen LogP contribution in [0.5, 0.6) is 5.75 Å². The van der Waals surface area contributed by atoms with Crippen molar-refractivity contribution in [2.75, 3.05) is 19.6 Å². The van der Waals surface area contributed by atoms with Crippen LogP contribution in [0.1, 0.15) is 77.7 Å². The second-order valence-electron chi connectivity index (χ2n) is 14.1. The first-order valence-electron chi connectivity index (χ1n) is 18.4. The third-order valence-corrected chi connectivity index (χ3v) is 8.87. The highest BCUT2D eigenvalue weighted by atomic mass is 16.4. The Morgan fingerprint density at radius 2 is 1.44 bits per heavy atom. The number of phenolic OH excluding ortho intramolecular Hbond substituents is 1. The van der Waals surface area contributed by atoms with Crippen molar-refractivity contribution in [3.05, 3.63) is 29.8 Å². The van der Waals surface area contributed by atoms with Crippen LogP contribution in [0.15, 0.2) is 24.3 Å². The summed E-state index contributed by atoms with van der Waals surface area (Å²) in [5, 5.41) is 41.3. The zero-order valence-electron chi connectivity index (χ0n) is 31.5. The Bertz CT molecular complexity index is 1500. The molecule has 306 valence electrons. The molecular formula is C36H56N8O11. The SMILES string of the molecule is CC(C)C[C@H](NC(=O)CNC(=O)[C@H](C)N)C(=O)N1CCC[C@@H]1C(=O)N[C@H](CCC(=O)O)C(=O)N[C@@H](CCCCN)C(=O)N[C@@H](Cc1ccc(O)cc1)C(=O)O. The first kappa shape index (κ1) is 45.9. The van der Waals surface area contributed by atoms with Gasteiger partial charge < -0.3 is 58.3 Å². The van der Waals surface area contributed by atoms with Gasteiger partial charge in [0.05, 0.1) is 12.6 Å². The van der Waals surface area contributed by atoms with E-state index >= 15 is 0 Å². The molecule has 6 amide bonds. The summed E-state index contributed by atoms with van der Waals surface area (Å²) in [6, 6.07) is -1.38. The summed E-state index contributed by atoms with van der Waals surface area (Å²) >= 11 is 0. The molecule has 1 aliphatic heterocycles. The average Bonchev–Trinajstić information content (AvgIpc) is 3.61. The van der Waals surface area contributed by atoms with Gasteiger partial charge in [-0.3, -0.25) is 33.6 Å². The number of hydrogen-bond acceptors (Lipinski definition) is 11. The van der Waals surface area contributed by atoms with Gasteiger partial charge in [-0.05, 0) is 82.0 Å². The number of aliphatic carboxylic acids is 2. The summed E-state index contributed by atoms with van der Waals surface area (Å²) in [6.45, 7) is 5.14. The van der Waals surface area contributed by atoms with Crippen LogP contribution in [0, 0.1) is 5.92 Å². The molecule has 1 heterocycles. The van der Waals surface area contributed by atoms with E-state index in [1.807, 2.05) is 13.8 Å². The number of nitrogens with zero attached hydrogens (tertiary/aromatic N) is 1. The van der Waals surface area contributed by atoms with Gasteiger partial charge in [0.1, 0.15) is 36.0 Å². The lowest BCUT2D eigenvalue weighted by atomic mass is 10.0. The number of phenols is 1. The highest BCUT2D eigenvalue weighted by molar-refractivity contribution is 5.97. The number of hydrogen-bond donors (Lipinski definition) is 10. The minimum absolute atomic E-state index is 0.0279. The molecule has 0 bridgehead atoms. The van der Waals surface area contributed by atoms with E-state index in [0.717, 1.165) is 0 Å². The smallest absolute Gasteiger partial charge is 0.326 e. The highest BCUT2D eigenvalue weighted by Crippen LogP contribution is 2.21. The summed E-state index contributed by atoms with van der Waals surface area (Å²) in [7, 11) is 0. The molecule has 19 heteroatoms. The van der Waals surface area contributed by atoms with Gasteiger partial charge in [-0.2, -0.15) is 0 Å². The van der Waals surface area contributed by atoms with Crippen LogP contribution in [0.2, 0.25) is 0 Å². The number of unbranched alkanes of at least 4 members (excludes halogenated alkanes) is 1. The summed E-state index contributed by atoms with van der Waals surface area (Å²) in [5.41, 5.74) is 11.6. The number of likely N-dealkylation sites (tertiary alicyclic amines) is 1. The third-order valence-electron chi connectivity index (χ3n) is 8.87.